The Morgan fingerprint density at radius 2 is 2.24 bits per heavy atom. The summed E-state index contributed by atoms with van der Waals surface area (Å²) in [5, 5.41) is 0.379. The summed E-state index contributed by atoms with van der Waals surface area (Å²) in [5.74, 6) is 2.17. The Bertz CT molecular complexity index is 382. The van der Waals surface area contributed by atoms with Crippen molar-refractivity contribution in [3.8, 4) is 5.75 Å². The van der Waals surface area contributed by atoms with Crippen molar-refractivity contribution >= 4 is 17.4 Å². The Hall–Kier alpha value is -1.03. The minimum Gasteiger partial charge on any atom is -0.490 e. The van der Waals surface area contributed by atoms with E-state index in [1.165, 1.54) is 25.6 Å². The van der Waals surface area contributed by atoms with Gasteiger partial charge in [-0.3, -0.25) is 0 Å². The van der Waals surface area contributed by atoms with Crippen molar-refractivity contribution in [1.29, 1.82) is 0 Å². The van der Waals surface area contributed by atoms with Crippen LogP contribution in [0.5, 0.6) is 5.75 Å². The minimum absolute atomic E-state index is 0.379. The summed E-state index contributed by atoms with van der Waals surface area (Å²) in [6.07, 6.45) is 5.47. The summed E-state index contributed by atoms with van der Waals surface area (Å²) >= 11 is 6.01. The molecule has 2 rings (SSSR count). The average Bonchev–Trinajstić information content (AvgIpc) is 2.28. The first-order valence-electron chi connectivity index (χ1n) is 6.05. The number of anilines is 1. The molecule has 0 radical (unpaired) electrons. The van der Waals surface area contributed by atoms with Gasteiger partial charge in [0.25, 0.3) is 0 Å². The topological polar surface area (TPSA) is 38.2 Å². The van der Waals surface area contributed by atoms with Gasteiger partial charge in [-0.15, -0.1) is 0 Å². The van der Waals surface area contributed by atoms with E-state index in [1.54, 1.807) is 7.11 Å². The van der Waals surface area contributed by atoms with Crippen LogP contribution in [0.25, 0.3) is 0 Å². The van der Waals surface area contributed by atoms with Crippen LogP contribution in [0.15, 0.2) is 6.33 Å². The van der Waals surface area contributed by atoms with Gasteiger partial charge in [0, 0.05) is 13.1 Å². The monoisotopic (exact) mass is 255 g/mol. The van der Waals surface area contributed by atoms with Gasteiger partial charge in [0.05, 0.1) is 7.11 Å². The summed E-state index contributed by atoms with van der Waals surface area (Å²) in [6.45, 7) is 4.05. The van der Waals surface area contributed by atoms with Gasteiger partial charge >= 0.3 is 0 Å². The first kappa shape index (κ1) is 12.4. The molecule has 0 spiro atoms. The molecule has 1 heterocycles. The highest BCUT2D eigenvalue weighted by Gasteiger charge is 2.23. The Morgan fingerprint density at radius 1 is 1.47 bits per heavy atom. The van der Waals surface area contributed by atoms with Gasteiger partial charge in [-0.25, -0.2) is 9.97 Å². The maximum Gasteiger partial charge on any atom is 0.199 e. The van der Waals surface area contributed by atoms with Crippen LogP contribution in [0.3, 0.4) is 0 Å². The predicted molar refractivity (Wildman–Crippen MR) is 68.8 cm³/mol. The Balaban J connectivity index is 2.19. The van der Waals surface area contributed by atoms with Crippen molar-refractivity contribution < 1.29 is 4.74 Å². The number of halogens is 1. The highest BCUT2D eigenvalue weighted by atomic mass is 35.5. The summed E-state index contributed by atoms with van der Waals surface area (Å²) in [4.78, 5) is 10.5. The molecule has 1 aromatic heterocycles. The number of methoxy groups -OCH3 is 1. The molecule has 5 heteroatoms. The standard InChI is InChI=1S/C12H18ClN3O/c1-3-16(7-9-5-4-6-9)12-10(17-2)11(13)14-8-15-12/h8-9H,3-7H2,1-2H3. The van der Waals surface area contributed by atoms with Crippen LogP contribution in [-0.4, -0.2) is 30.2 Å². The van der Waals surface area contributed by atoms with Gasteiger partial charge < -0.3 is 9.64 Å². The number of hydrogen-bond acceptors (Lipinski definition) is 4. The number of hydrogen-bond donors (Lipinski definition) is 0. The predicted octanol–water partition coefficient (Wildman–Crippen LogP) is 2.77. The first-order valence-corrected chi connectivity index (χ1v) is 6.43. The fraction of sp³-hybridized carbons (Fsp3) is 0.667. The van der Waals surface area contributed by atoms with Crippen molar-refractivity contribution in [3.63, 3.8) is 0 Å². The lowest BCUT2D eigenvalue weighted by Gasteiger charge is -2.32. The van der Waals surface area contributed by atoms with Crippen LogP contribution < -0.4 is 9.64 Å². The van der Waals surface area contributed by atoms with Gasteiger partial charge in [0.2, 0.25) is 0 Å². The lowest BCUT2D eigenvalue weighted by atomic mass is 9.85. The lowest BCUT2D eigenvalue weighted by molar-refractivity contribution is 0.316. The fourth-order valence-electron chi connectivity index (χ4n) is 2.10. The van der Waals surface area contributed by atoms with Gasteiger partial charge in [-0.1, -0.05) is 18.0 Å². The molecule has 1 fully saturated rings. The second-order valence-corrected chi connectivity index (χ2v) is 4.71. The molecule has 0 bridgehead atoms. The van der Waals surface area contributed by atoms with E-state index in [2.05, 4.69) is 21.8 Å². The number of nitrogens with zero attached hydrogens (tertiary/aromatic N) is 3. The van der Waals surface area contributed by atoms with Gasteiger partial charge in [-0.05, 0) is 25.7 Å². The maximum absolute atomic E-state index is 6.01. The molecule has 17 heavy (non-hydrogen) atoms. The van der Waals surface area contributed by atoms with E-state index in [0.717, 1.165) is 24.8 Å². The van der Waals surface area contributed by atoms with E-state index in [-0.39, 0.29) is 0 Å². The van der Waals surface area contributed by atoms with E-state index in [4.69, 9.17) is 16.3 Å². The zero-order valence-electron chi connectivity index (χ0n) is 10.3. The van der Waals surface area contributed by atoms with Crippen molar-refractivity contribution in [1.82, 2.24) is 9.97 Å². The Morgan fingerprint density at radius 3 is 2.76 bits per heavy atom. The molecule has 4 nitrogen and oxygen atoms in total. The number of ether oxygens (including phenoxy) is 1. The molecule has 0 unspecified atom stereocenters. The minimum atomic E-state index is 0.379. The summed E-state index contributed by atoms with van der Waals surface area (Å²) in [7, 11) is 1.60. The second kappa shape index (κ2) is 5.54. The zero-order chi connectivity index (χ0) is 12.3. The molecule has 1 aliphatic rings. The molecular formula is C12H18ClN3O. The summed E-state index contributed by atoms with van der Waals surface area (Å²) in [6, 6.07) is 0. The van der Waals surface area contributed by atoms with E-state index in [1.807, 2.05) is 0 Å². The van der Waals surface area contributed by atoms with Gasteiger partial charge in [-0.2, -0.15) is 0 Å². The van der Waals surface area contributed by atoms with E-state index in [9.17, 15) is 0 Å². The first-order chi connectivity index (χ1) is 8.26. The quantitative estimate of drug-likeness (QED) is 0.759. The van der Waals surface area contributed by atoms with E-state index >= 15 is 0 Å². The average molecular weight is 256 g/mol. The molecule has 1 saturated carbocycles. The number of aromatic nitrogens is 2. The Kier molecular flexibility index (Phi) is 4.05. The maximum atomic E-state index is 6.01. The van der Waals surface area contributed by atoms with Gasteiger partial charge in [0.1, 0.15) is 6.33 Å². The molecule has 94 valence electrons. The van der Waals surface area contributed by atoms with Crippen LogP contribution in [0, 0.1) is 5.92 Å². The summed E-state index contributed by atoms with van der Waals surface area (Å²) < 4.78 is 5.29. The van der Waals surface area contributed by atoms with Crippen LogP contribution in [-0.2, 0) is 0 Å². The zero-order valence-corrected chi connectivity index (χ0v) is 11.1. The number of rotatable bonds is 5. The second-order valence-electron chi connectivity index (χ2n) is 4.36. The highest BCUT2D eigenvalue weighted by molar-refractivity contribution is 6.31. The smallest absolute Gasteiger partial charge is 0.199 e. The SMILES string of the molecule is CCN(CC1CCC1)c1ncnc(Cl)c1OC. The third-order valence-corrected chi connectivity index (χ3v) is 3.60. The third kappa shape index (κ3) is 2.63. The lowest BCUT2D eigenvalue weighted by Crippen LogP contribution is -2.33. The molecule has 1 aromatic rings. The third-order valence-electron chi connectivity index (χ3n) is 3.33. The van der Waals surface area contributed by atoms with Crippen molar-refractivity contribution in [2.75, 3.05) is 25.1 Å². The molecular weight excluding hydrogens is 238 g/mol. The van der Waals surface area contributed by atoms with Crippen LogP contribution >= 0.6 is 11.6 Å². The molecule has 1 aliphatic carbocycles. The molecule has 0 aromatic carbocycles. The molecule has 0 aliphatic heterocycles. The van der Waals surface area contributed by atoms with Gasteiger partial charge in [0.15, 0.2) is 16.7 Å². The summed E-state index contributed by atoms with van der Waals surface area (Å²) in [5.41, 5.74) is 0. The van der Waals surface area contributed by atoms with Crippen LogP contribution in [0.4, 0.5) is 5.82 Å². The molecule has 0 atom stereocenters. The van der Waals surface area contributed by atoms with E-state index < -0.39 is 0 Å². The Labute approximate surface area is 107 Å². The van der Waals surface area contributed by atoms with Crippen molar-refractivity contribution in [3.05, 3.63) is 11.5 Å². The fourth-order valence-corrected chi connectivity index (χ4v) is 2.30. The molecule has 0 N–H and O–H groups in total. The molecule has 0 amide bonds. The van der Waals surface area contributed by atoms with Crippen LogP contribution in [0.1, 0.15) is 26.2 Å². The van der Waals surface area contributed by atoms with E-state index in [0.29, 0.717) is 10.9 Å². The normalized spacial score (nSPS) is 15.5. The van der Waals surface area contributed by atoms with Crippen molar-refractivity contribution in [2.45, 2.75) is 26.2 Å². The van der Waals surface area contributed by atoms with Crippen molar-refractivity contribution in [2.24, 2.45) is 5.92 Å². The highest BCUT2D eigenvalue weighted by Crippen LogP contribution is 2.34. The molecule has 0 saturated heterocycles. The largest absolute Gasteiger partial charge is 0.490 e. The van der Waals surface area contributed by atoms with Crippen LogP contribution in [0.2, 0.25) is 5.15 Å².